The van der Waals surface area contributed by atoms with E-state index in [9.17, 15) is 9.59 Å². The van der Waals surface area contributed by atoms with Gasteiger partial charge in [0, 0.05) is 12.5 Å². The van der Waals surface area contributed by atoms with E-state index in [0.717, 1.165) is 6.29 Å². The molecule has 0 aliphatic carbocycles. The number of hydrogen-bond donors (Lipinski definition) is 0. The van der Waals surface area contributed by atoms with Crippen LogP contribution in [0, 0.1) is 0 Å². The van der Waals surface area contributed by atoms with Crippen LogP contribution in [0.3, 0.4) is 0 Å². The number of rotatable bonds is 4. The minimum atomic E-state index is -0.601. The molecule has 2 atom stereocenters. The smallest absolute Gasteiger partial charge is 0.411 e. The van der Waals surface area contributed by atoms with Crippen molar-refractivity contribution in [2.45, 2.75) is 44.9 Å². The minimum absolute atomic E-state index is 0.259. The highest BCUT2D eigenvalue weighted by molar-refractivity contribution is 5.74. The summed E-state index contributed by atoms with van der Waals surface area (Å²) in [5.41, 5.74) is -0.601. The van der Waals surface area contributed by atoms with E-state index in [4.69, 9.17) is 14.2 Å². The highest BCUT2D eigenvalue weighted by Crippen LogP contribution is 2.26. The molecular weight excluding hydrogens is 298 g/mol. The third-order valence-electron chi connectivity index (χ3n) is 3.43. The Morgan fingerprint density at radius 2 is 2.00 bits per heavy atom. The van der Waals surface area contributed by atoms with Crippen molar-refractivity contribution >= 4 is 12.4 Å². The van der Waals surface area contributed by atoms with Crippen molar-refractivity contribution in [2.75, 3.05) is 13.7 Å². The van der Waals surface area contributed by atoms with Crippen LogP contribution in [0.15, 0.2) is 24.3 Å². The average molecular weight is 321 g/mol. The molecule has 1 aliphatic heterocycles. The summed E-state index contributed by atoms with van der Waals surface area (Å²) >= 11 is 0. The summed E-state index contributed by atoms with van der Waals surface area (Å²) in [6.45, 7) is 5.69. The van der Waals surface area contributed by atoms with Gasteiger partial charge >= 0.3 is 6.09 Å². The van der Waals surface area contributed by atoms with E-state index in [1.807, 2.05) is 18.2 Å². The van der Waals surface area contributed by atoms with Gasteiger partial charge in [-0.15, -0.1) is 0 Å². The second-order valence-electron chi connectivity index (χ2n) is 6.49. The van der Waals surface area contributed by atoms with Gasteiger partial charge in [-0.25, -0.2) is 4.79 Å². The maximum Gasteiger partial charge on any atom is 0.411 e. The van der Waals surface area contributed by atoms with Crippen LogP contribution in [0.4, 0.5) is 4.79 Å². The first-order valence-electron chi connectivity index (χ1n) is 7.58. The SMILES string of the molecule is COc1cccc(OC2CC(C=O)N(C(=O)OC(C)(C)C)C2)c1. The Balaban J connectivity index is 2.03. The van der Waals surface area contributed by atoms with E-state index in [1.165, 1.54) is 4.90 Å². The van der Waals surface area contributed by atoms with Crippen LogP contribution in [0.1, 0.15) is 27.2 Å². The first-order valence-corrected chi connectivity index (χ1v) is 7.58. The van der Waals surface area contributed by atoms with Crippen molar-refractivity contribution in [3.63, 3.8) is 0 Å². The van der Waals surface area contributed by atoms with E-state index in [0.29, 0.717) is 24.5 Å². The number of nitrogens with zero attached hydrogens (tertiary/aromatic N) is 1. The molecule has 0 spiro atoms. The predicted molar refractivity (Wildman–Crippen MR) is 84.8 cm³/mol. The van der Waals surface area contributed by atoms with Crippen molar-refractivity contribution in [2.24, 2.45) is 0 Å². The lowest BCUT2D eigenvalue weighted by molar-refractivity contribution is -0.111. The third kappa shape index (κ3) is 4.61. The Labute approximate surface area is 136 Å². The first-order chi connectivity index (χ1) is 10.8. The summed E-state index contributed by atoms with van der Waals surface area (Å²) in [6.07, 6.45) is 0.454. The second-order valence-corrected chi connectivity index (χ2v) is 6.49. The summed E-state index contributed by atoms with van der Waals surface area (Å²) in [5, 5.41) is 0. The van der Waals surface area contributed by atoms with Gasteiger partial charge in [-0.05, 0) is 32.9 Å². The standard InChI is InChI=1S/C17H23NO5/c1-17(2,3)23-16(20)18-10-15(8-12(18)11-19)22-14-7-5-6-13(9-14)21-4/h5-7,9,11-12,15H,8,10H2,1-4H3. The van der Waals surface area contributed by atoms with Crippen LogP contribution in [-0.4, -0.2) is 48.7 Å². The number of amides is 1. The molecular formula is C17H23NO5. The van der Waals surface area contributed by atoms with Gasteiger partial charge in [0.15, 0.2) is 0 Å². The fraction of sp³-hybridized carbons (Fsp3) is 0.529. The lowest BCUT2D eigenvalue weighted by Crippen LogP contribution is -2.41. The zero-order chi connectivity index (χ0) is 17.0. The number of methoxy groups -OCH3 is 1. The third-order valence-corrected chi connectivity index (χ3v) is 3.43. The van der Waals surface area contributed by atoms with Gasteiger partial charge in [-0.2, -0.15) is 0 Å². The Kier molecular flexibility index (Phi) is 5.13. The normalized spacial score (nSPS) is 21.0. The molecule has 126 valence electrons. The largest absolute Gasteiger partial charge is 0.497 e. The number of ether oxygens (including phenoxy) is 3. The zero-order valence-electron chi connectivity index (χ0n) is 13.9. The molecule has 0 N–H and O–H groups in total. The Morgan fingerprint density at radius 3 is 2.61 bits per heavy atom. The van der Waals surface area contributed by atoms with E-state index in [1.54, 1.807) is 33.9 Å². The van der Waals surface area contributed by atoms with Gasteiger partial charge in [0.05, 0.1) is 19.7 Å². The molecule has 1 amide bonds. The number of benzene rings is 1. The predicted octanol–water partition coefficient (Wildman–Crippen LogP) is 2.65. The van der Waals surface area contributed by atoms with Crippen LogP contribution in [0.5, 0.6) is 11.5 Å². The summed E-state index contributed by atoms with van der Waals surface area (Å²) in [6, 6.07) is 6.70. The Hall–Kier alpha value is -2.24. The fourth-order valence-electron chi connectivity index (χ4n) is 2.44. The molecule has 0 bridgehead atoms. The van der Waals surface area contributed by atoms with Gasteiger partial charge in [0.1, 0.15) is 29.5 Å². The van der Waals surface area contributed by atoms with Gasteiger partial charge in [-0.1, -0.05) is 6.07 Å². The molecule has 1 fully saturated rings. The summed E-state index contributed by atoms with van der Waals surface area (Å²) in [4.78, 5) is 24.9. The van der Waals surface area contributed by atoms with Crippen LogP contribution < -0.4 is 9.47 Å². The minimum Gasteiger partial charge on any atom is -0.497 e. The molecule has 1 saturated heterocycles. The Morgan fingerprint density at radius 1 is 1.30 bits per heavy atom. The summed E-state index contributed by atoms with van der Waals surface area (Å²) in [5.74, 6) is 1.33. The molecule has 1 aromatic rings. The molecule has 2 rings (SSSR count). The molecule has 2 unspecified atom stereocenters. The van der Waals surface area contributed by atoms with Gasteiger partial charge in [-0.3, -0.25) is 4.90 Å². The van der Waals surface area contributed by atoms with Gasteiger partial charge in [0.25, 0.3) is 0 Å². The highest BCUT2D eigenvalue weighted by Gasteiger charge is 2.38. The van der Waals surface area contributed by atoms with Crippen molar-refractivity contribution in [3.05, 3.63) is 24.3 Å². The molecule has 0 radical (unpaired) electrons. The summed E-state index contributed by atoms with van der Waals surface area (Å²) < 4.78 is 16.4. The molecule has 0 aromatic heterocycles. The number of likely N-dealkylation sites (tertiary alicyclic amines) is 1. The molecule has 1 heterocycles. The van der Waals surface area contributed by atoms with E-state index >= 15 is 0 Å². The zero-order valence-corrected chi connectivity index (χ0v) is 13.9. The van der Waals surface area contributed by atoms with Crippen molar-refractivity contribution in [3.8, 4) is 11.5 Å². The maximum atomic E-state index is 12.2. The molecule has 6 heteroatoms. The first kappa shape index (κ1) is 17.1. The topological polar surface area (TPSA) is 65.1 Å². The van der Waals surface area contributed by atoms with Crippen LogP contribution in [0.2, 0.25) is 0 Å². The number of carbonyl (C=O) groups is 2. The number of hydrogen-bond acceptors (Lipinski definition) is 5. The lowest BCUT2D eigenvalue weighted by Gasteiger charge is -2.26. The summed E-state index contributed by atoms with van der Waals surface area (Å²) in [7, 11) is 1.58. The quantitative estimate of drug-likeness (QED) is 0.798. The number of carbonyl (C=O) groups excluding carboxylic acids is 2. The second kappa shape index (κ2) is 6.89. The molecule has 6 nitrogen and oxygen atoms in total. The molecule has 0 saturated carbocycles. The van der Waals surface area contributed by atoms with E-state index < -0.39 is 17.7 Å². The fourth-order valence-corrected chi connectivity index (χ4v) is 2.44. The number of aldehydes is 1. The lowest BCUT2D eigenvalue weighted by atomic mass is 10.2. The van der Waals surface area contributed by atoms with Crippen LogP contribution in [-0.2, 0) is 9.53 Å². The van der Waals surface area contributed by atoms with Crippen molar-refractivity contribution in [1.29, 1.82) is 0 Å². The van der Waals surface area contributed by atoms with Gasteiger partial charge < -0.3 is 19.0 Å². The average Bonchev–Trinajstić information content (AvgIpc) is 2.89. The van der Waals surface area contributed by atoms with E-state index in [2.05, 4.69) is 0 Å². The highest BCUT2D eigenvalue weighted by atomic mass is 16.6. The molecule has 23 heavy (non-hydrogen) atoms. The van der Waals surface area contributed by atoms with E-state index in [-0.39, 0.29) is 6.10 Å². The van der Waals surface area contributed by atoms with Crippen LogP contribution in [0.25, 0.3) is 0 Å². The van der Waals surface area contributed by atoms with Crippen LogP contribution >= 0.6 is 0 Å². The van der Waals surface area contributed by atoms with Gasteiger partial charge in [0.2, 0.25) is 0 Å². The molecule has 1 aliphatic rings. The molecule has 1 aromatic carbocycles. The van der Waals surface area contributed by atoms with Crippen molar-refractivity contribution < 1.29 is 23.8 Å². The van der Waals surface area contributed by atoms with Crippen molar-refractivity contribution in [1.82, 2.24) is 4.90 Å². The monoisotopic (exact) mass is 321 g/mol. The Bertz CT molecular complexity index is 566. The maximum absolute atomic E-state index is 12.2.